The number of aliphatic hydroxyl groups is 1. The molecule has 0 aromatic heterocycles. The van der Waals surface area contributed by atoms with E-state index in [2.05, 4.69) is 11.8 Å². The van der Waals surface area contributed by atoms with Crippen LogP contribution in [0.15, 0.2) is 0 Å². The van der Waals surface area contributed by atoms with E-state index in [9.17, 15) is 0 Å². The molecule has 1 aliphatic heterocycles. The second kappa shape index (κ2) is 3.09. The van der Waals surface area contributed by atoms with Gasteiger partial charge in [0.15, 0.2) is 0 Å². The average Bonchev–Trinajstić information content (AvgIpc) is 2.29. The minimum atomic E-state index is -0.0688. The van der Waals surface area contributed by atoms with Crippen molar-refractivity contribution in [2.75, 3.05) is 27.3 Å². The van der Waals surface area contributed by atoms with Crippen molar-refractivity contribution in [2.24, 2.45) is 0 Å². The van der Waals surface area contributed by atoms with Crippen LogP contribution in [0.3, 0.4) is 0 Å². The summed E-state index contributed by atoms with van der Waals surface area (Å²) >= 11 is 0. The van der Waals surface area contributed by atoms with Crippen molar-refractivity contribution in [3.8, 4) is 0 Å². The van der Waals surface area contributed by atoms with Crippen LogP contribution >= 0.6 is 0 Å². The van der Waals surface area contributed by atoms with Crippen LogP contribution in [0.1, 0.15) is 13.3 Å². The number of aliphatic hydroxyl groups excluding tert-OH is 1. The molecule has 0 saturated carbocycles. The molecule has 3 heteroatoms. The van der Waals surface area contributed by atoms with Crippen LogP contribution < -0.4 is 0 Å². The third-order valence-electron chi connectivity index (χ3n) is 2.74. The van der Waals surface area contributed by atoms with Crippen molar-refractivity contribution >= 4 is 0 Å². The summed E-state index contributed by atoms with van der Waals surface area (Å²) in [6.07, 6.45) is 1.22. The number of likely N-dealkylation sites (tertiary alicyclic amines) is 1. The number of ether oxygens (including phenoxy) is 1. The maximum absolute atomic E-state index is 9.11. The highest BCUT2D eigenvalue weighted by Gasteiger charge is 2.39. The molecule has 0 unspecified atom stereocenters. The molecule has 0 spiro atoms. The van der Waals surface area contributed by atoms with Crippen molar-refractivity contribution in [1.29, 1.82) is 0 Å². The Hall–Kier alpha value is -0.120. The Morgan fingerprint density at radius 2 is 2.36 bits per heavy atom. The molecule has 11 heavy (non-hydrogen) atoms. The van der Waals surface area contributed by atoms with Gasteiger partial charge in [0, 0.05) is 19.2 Å². The number of hydrogen-bond acceptors (Lipinski definition) is 3. The summed E-state index contributed by atoms with van der Waals surface area (Å²) in [4.78, 5) is 2.15. The predicted octanol–water partition coefficient (Wildman–Crippen LogP) is 0.0879. The van der Waals surface area contributed by atoms with Gasteiger partial charge in [-0.2, -0.15) is 0 Å². The third kappa shape index (κ3) is 1.55. The van der Waals surface area contributed by atoms with Gasteiger partial charge < -0.3 is 9.84 Å². The van der Waals surface area contributed by atoms with E-state index in [1.807, 2.05) is 7.05 Å². The molecule has 2 atom stereocenters. The Labute approximate surface area is 68.0 Å². The first-order valence-electron chi connectivity index (χ1n) is 3.97. The maximum atomic E-state index is 9.11. The monoisotopic (exact) mass is 159 g/mol. The minimum absolute atomic E-state index is 0.0688. The van der Waals surface area contributed by atoms with E-state index in [0.717, 1.165) is 13.0 Å². The zero-order chi connectivity index (χ0) is 8.48. The van der Waals surface area contributed by atoms with E-state index in [1.54, 1.807) is 7.11 Å². The van der Waals surface area contributed by atoms with Gasteiger partial charge in [0.05, 0.1) is 12.7 Å². The van der Waals surface area contributed by atoms with E-state index in [0.29, 0.717) is 0 Å². The van der Waals surface area contributed by atoms with Crippen LogP contribution in [0.5, 0.6) is 0 Å². The normalized spacial score (nSPS) is 39.8. The van der Waals surface area contributed by atoms with Crippen molar-refractivity contribution in [3.63, 3.8) is 0 Å². The van der Waals surface area contributed by atoms with E-state index < -0.39 is 0 Å². The molecule has 0 aliphatic carbocycles. The van der Waals surface area contributed by atoms with Gasteiger partial charge >= 0.3 is 0 Å². The topological polar surface area (TPSA) is 32.7 Å². The third-order valence-corrected chi connectivity index (χ3v) is 2.74. The summed E-state index contributed by atoms with van der Waals surface area (Å²) in [7, 11) is 3.75. The fourth-order valence-corrected chi connectivity index (χ4v) is 1.58. The summed E-state index contributed by atoms with van der Waals surface area (Å²) in [5.74, 6) is 0. The highest BCUT2D eigenvalue weighted by atomic mass is 16.5. The molecule has 1 saturated heterocycles. The summed E-state index contributed by atoms with van der Waals surface area (Å²) in [5.41, 5.74) is -0.0688. The van der Waals surface area contributed by atoms with Crippen LogP contribution in [-0.4, -0.2) is 49.0 Å². The summed E-state index contributed by atoms with van der Waals surface area (Å²) in [6.45, 7) is 3.20. The lowest BCUT2D eigenvalue weighted by Gasteiger charge is -2.29. The van der Waals surface area contributed by atoms with E-state index in [4.69, 9.17) is 9.84 Å². The molecular weight excluding hydrogens is 142 g/mol. The zero-order valence-electron chi connectivity index (χ0n) is 7.50. The minimum Gasteiger partial charge on any atom is -0.394 e. The average molecular weight is 159 g/mol. The van der Waals surface area contributed by atoms with E-state index in [-0.39, 0.29) is 18.2 Å². The number of hydrogen-bond donors (Lipinski definition) is 1. The molecule has 1 rings (SSSR count). The number of methoxy groups -OCH3 is 1. The quantitative estimate of drug-likeness (QED) is 0.619. The number of nitrogens with zero attached hydrogens (tertiary/aromatic N) is 1. The van der Waals surface area contributed by atoms with Crippen molar-refractivity contribution in [3.05, 3.63) is 0 Å². The Morgan fingerprint density at radius 3 is 2.64 bits per heavy atom. The number of likely N-dealkylation sites (N-methyl/N-ethyl adjacent to an activating group) is 1. The van der Waals surface area contributed by atoms with Crippen molar-refractivity contribution in [1.82, 2.24) is 4.90 Å². The highest BCUT2D eigenvalue weighted by Crippen LogP contribution is 2.28. The maximum Gasteiger partial charge on any atom is 0.0716 e. The van der Waals surface area contributed by atoms with Crippen LogP contribution in [0.25, 0.3) is 0 Å². The molecule has 0 aromatic carbocycles. The van der Waals surface area contributed by atoms with Gasteiger partial charge in [0.25, 0.3) is 0 Å². The van der Waals surface area contributed by atoms with Crippen molar-refractivity contribution in [2.45, 2.75) is 25.0 Å². The van der Waals surface area contributed by atoms with Crippen LogP contribution in [0.2, 0.25) is 0 Å². The van der Waals surface area contributed by atoms with Gasteiger partial charge in [-0.1, -0.05) is 0 Å². The zero-order valence-corrected chi connectivity index (χ0v) is 7.50. The van der Waals surface area contributed by atoms with Gasteiger partial charge in [-0.05, 0) is 20.4 Å². The SMILES string of the molecule is CO[C@@H]1CN(C)[C@](C)(CO)C1. The predicted molar refractivity (Wildman–Crippen MR) is 43.5 cm³/mol. The standard InChI is InChI=1S/C8H17NO2/c1-8(6-10)4-7(11-3)5-9(8)2/h7,10H,4-6H2,1-3H3/t7-,8-/m0/s1. The highest BCUT2D eigenvalue weighted by molar-refractivity contribution is 4.94. The lowest BCUT2D eigenvalue weighted by molar-refractivity contribution is 0.0962. The molecule has 0 amide bonds. The molecule has 0 bridgehead atoms. The second-order valence-electron chi connectivity index (χ2n) is 3.60. The Morgan fingerprint density at radius 1 is 1.73 bits per heavy atom. The van der Waals surface area contributed by atoms with Gasteiger partial charge in [-0.25, -0.2) is 0 Å². The Bertz CT molecular complexity index is 140. The summed E-state index contributed by atoms with van der Waals surface area (Å²) < 4.78 is 5.23. The first-order valence-corrected chi connectivity index (χ1v) is 3.97. The Kier molecular flexibility index (Phi) is 2.52. The van der Waals surface area contributed by atoms with Gasteiger partial charge in [-0.15, -0.1) is 0 Å². The van der Waals surface area contributed by atoms with Gasteiger partial charge in [-0.3, -0.25) is 4.90 Å². The van der Waals surface area contributed by atoms with Crippen LogP contribution in [0, 0.1) is 0 Å². The first kappa shape index (κ1) is 8.97. The molecule has 3 nitrogen and oxygen atoms in total. The molecular formula is C8H17NO2. The number of rotatable bonds is 2. The fourth-order valence-electron chi connectivity index (χ4n) is 1.58. The van der Waals surface area contributed by atoms with E-state index in [1.165, 1.54) is 0 Å². The fraction of sp³-hybridized carbons (Fsp3) is 1.00. The van der Waals surface area contributed by atoms with Crippen LogP contribution in [0.4, 0.5) is 0 Å². The molecule has 1 fully saturated rings. The molecule has 1 heterocycles. The Balaban J connectivity index is 2.57. The van der Waals surface area contributed by atoms with Crippen molar-refractivity contribution < 1.29 is 9.84 Å². The van der Waals surface area contributed by atoms with Crippen LogP contribution in [-0.2, 0) is 4.74 Å². The summed E-state index contributed by atoms with van der Waals surface area (Å²) in [6, 6.07) is 0. The molecule has 0 radical (unpaired) electrons. The lowest BCUT2D eigenvalue weighted by atomic mass is 10.00. The van der Waals surface area contributed by atoms with Gasteiger partial charge in [0.1, 0.15) is 0 Å². The second-order valence-corrected chi connectivity index (χ2v) is 3.60. The largest absolute Gasteiger partial charge is 0.394 e. The molecule has 66 valence electrons. The summed E-state index contributed by atoms with van der Waals surface area (Å²) in [5, 5.41) is 9.11. The lowest BCUT2D eigenvalue weighted by Crippen LogP contribution is -2.41. The smallest absolute Gasteiger partial charge is 0.0716 e. The first-order chi connectivity index (χ1) is 5.12. The van der Waals surface area contributed by atoms with E-state index >= 15 is 0 Å². The molecule has 1 aliphatic rings. The van der Waals surface area contributed by atoms with Gasteiger partial charge in [0.2, 0.25) is 0 Å². The molecule has 1 N–H and O–H groups in total. The molecule has 0 aromatic rings.